The Balaban J connectivity index is 1.86. The van der Waals surface area contributed by atoms with Gasteiger partial charge >= 0.3 is 5.97 Å². The maximum Gasteiger partial charge on any atom is 0.328 e. The van der Waals surface area contributed by atoms with E-state index in [9.17, 15) is 4.79 Å². The van der Waals surface area contributed by atoms with Gasteiger partial charge in [-0.25, -0.2) is 4.79 Å². The van der Waals surface area contributed by atoms with Crippen molar-refractivity contribution in [3.05, 3.63) is 103 Å². The molecule has 0 bridgehead atoms. The minimum Gasteiger partial charge on any atom is -0.478 e. The third-order valence-corrected chi connectivity index (χ3v) is 6.77. The molecule has 1 aliphatic rings. The molecule has 2 nitrogen and oxygen atoms in total. The number of carbonyl (C=O) groups is 1. The van der Waals surface area contributed by atoms with Gasteiger partial charge in [0.05, 0.1) is 0 Å². The maximum absolute atomic E-state index is 10.8. The lowest BCUT2D eigenvalue weighted by Crippen LogP contribution is -1.97. The summed E-state index contributed by atoms with van der Waals surface area (Å²) in [5, 5.41) is 8.89. The summed E-state index contributed by atoms with van der Waals surface area (Å²) in [5.74, 6) is -0.950. The van der Waals surface area contributed by atoms with Crippen molar-refractivity contribution in [2.24, 2.45) is 0 Å². The zero-order valence-corrected chi connectivity index (χ0v) is 19.1. The number of carboxylic acid groups (broad SMARTS) is 1. The molecule has 3 aromatic rings. The lowest BCUT2D eigenvalue weighted by Gasteiger charge is -2.17. The first kappa shape index (κ1) is 21.4. The second-order valence-corrected chi connectivity index (χ2v) is 9.45. The summed E-state index contributed by atoms with van der Waals surface area (Å²) in [5.41, 5.74) is 9.41. The molecule has 0 saturated heterocycles. The van der Waals surface area contributed by atoms with Gasteiger partial charge < -0.3 is 5.11 Å². The minimum atomic E-state index is -0.950. The monoisotopic (exact) mass is 446 g/mol. The maximum atomic E-state index is 10.8. The molecule has 0 unspecified atom stereocenters. The van der Waals surface area contributed by atoms with Crippen molar-refractivity contribution in [1.82, 2.24) is 0 Å². The topological polar surface area (TPSA) is 37.3 Å². The van der Waals surface area contributed by atoms with Gasteiger partial charge in [0.1, 0.15) is 4.34 Å². The van der Waals surface area contributed by atoms with Crippen LogP contribution in [-0.4, -0.2) is 11.1 Å². The second kappa shape index (κ2) is 9.09. The van der Waals surface area contributed by atoms with Gasteiger partial charge in [-0.1, -0.05) is 73.1 Å². The molecule has 0 fully saturated rings. The van der Waals surface area contributed by atoms with Crippen molar-refractivity contribution in [2.75, 3.05) is 0 Å². The van der Waals surface area contributed by atoms with Crippen LogP contribution in [0.4, 0.5) is 0 Å². The predicted octanol–water partition coefficient (Wildman–Crippen LogP) is 7.77. The van der Waals surface area contributed by atoms with Crippen LogP contribution in [0.15, 0.2) is 66.2 Å². The molecule has 1 aliphatic carbocycles. The number of halogens is 1. The average Bonchev–Trinajstić information content (AvgIpc) is 3.33. The number of rotatable bonds is 6. The molecule has 4 rings (SSSR count). The number of hydrogen-bond acceptors (Lipinski definition) is 2. The van der Waals surface area contributed by atoms with Crippen LogP contribution in [0.5, 0.6) is 0 Å². The van der Waals surface area contributed by atoms with E-state index < -0.39 is 5.97 Å². The number of aliphatic carboxylic acids is 1. The van der Waals surface area contributed by atoms with E-state index in [1.54, 1.807) is 17.4 Å². The zero-order valence-electron chi connectivity index (χ0n) is 17.5. The van der Waals surface area contributed by atoms with Crippen molar-refractivity contribution < 1.29 is 9.90 Å². The quantitative estimate of drug-likeness (QED) is 0.392. The Hall–Kier alpha value is -2.88. The van der Waals surface area contributed by atoms with Crippen LogP contribution in [-0.2, 0) is 11.2 Å². The molecule has 1 heterocycles. The van der Waals surface area contributed by atoms with Crippen molar-refractivity contribution >= 4 is 52.2 Å². The highest BCUT2D eigenvalue weighted by Crippen LogP contribution is 2.43. The number of allylic oxidation sites excluding steroid dienone is 3. The lowest BCUT2D eigenvalue weighted by atomic mass is 9.87. The number of carboxylic acids is 1. The summed E-state index contributed by atoms with van der Waals surface area (Å²) >= 11 is 8.26. The summed E-state index contributed by atoms with van der Waals surface area (Å²) in [7, 11) is 0. The van der Waals surface area contributed by atoms with E-state index in [4.69, 9.17) is 16.7 Å². The largest absolute Gasteiger partial charge is 0.478 e. The first-order valence-corrected chi connectivity index (χ1v) is 11.5. The van der Waals surface area contributed by atoms with Crippen LogP contribution >= 0.6 is 22.9 Å². The Bertz CT molecular complexity index is 1230. The number of fused-ring (bicyclic) bond motifs is 1. The number of aryl methyl sites for hydroxylation is 1. The van der Waals surface area contributed by atoms with Crippen LogP contribution < -0.4 is 0 Å². The van der Waals surface area contributed by atoms with E-state index in [1.807, 2.05) is 12.1 Å². The molecule has 1 aromatic heterocycles. The summed E-state index contributed by atoms with van der Waals surface area (Å²) in [6.45, 7) is 4.26. The highest BCUT2D eigenvalue weighted by atomic mass is 35.5. The van der Waals surface area contributed by atoms with Crippen LogP contribution in [0.25, 0.3) is 23.3 Å². The molecule has 0 aliphatic heterocycles. The highest BCUT2D eigenvalue weighted by molar-refractivity contribution is 7.16. The Kier molecular flexibility index (Phi) is 6.26. The van der Waals surface area contributed by atoms with Crippen molar-refractivity contribution in [2.45, 2.75) is 26.7 Å². The molecular formula is C27H23ClO2S. The van der Waals surface area contributed by atoms with Crippen LogP contribution in [0.1, 0.15) is 46.0 Å². The fourth-order valence-corrected chi connectivity index (χ4v) is 5.40. The molecular weight excluding hydrogens is 424 g/mol. The van der Waals surface area contributed by atoms with Crippen LogP contribution in [0.2, 0.25) is 4.34 Å². The summed E-state index contributed by atoms with van der Waals surface area (Å²) < 4.78 is 0.823. The Morgan fingerprint density at radius 1 is 1.16 bits per heavy atom. The highest BCUT2D eigenvalue weighted by Gasteiger charge is 2.22. The third-order valence-electron chi connectivity index (χ3n) is 5.49. The normalized spacial score (nSPS) is 13.8. The van der Waals surface area contributed by atoms with Crippen molar-refractivity contribution in [1.29, 1.82) is 0 Å². The molecule has 2 aromatic carbocycles. The van der Waals surface area contributed by atoms with E-state index >= 15 is 0 Å². The number of benzene rings is 2. The molecule has 4 heteroatoms. The fraction of sp³-hybridized carbons (Fsp3) is 0.148. The summed E-state index contributed by atoms with van der Waals surface area (Å²) in [4.78, 5) is 12.0. The molecule has 0 amide bonds. The SMILES string of the molecule is CC/C(=C(\C1=Cc2ccccc2C1)c1ccc(/C=C/C(=O)O)cc1)c1cc(C)sc1Cl. The molecule has 1 N–H and O–H groups in total. The van der Waals surface area contributed by atoms with Crippen molar-refractivity contribution in [3.63, 3.8) is 0 Å². The van der Waals surface area contributed by atoms with E-state index in [0.29, 0.717) is 0 Å². The Morgan fingerprint density at radius 2 is 1.90 bits per heavy atom. The molecule has 0 spiro atoms. The Labute approximate surface area is 191 Å². The average molecular weight is 447 g/mol. The second-order valence-electron chi connectivity index (χ2n) is 7.59. The molecule has 156 valence electrons. The van der Waals surface area contributed by atoms with Gasteiger partial charge in [0, 0.05) is 16.5 Å². The van der Waals surface area contributed by atoms with Gasteiger partial charge in [0.2, 0.25) is 0 Å². The fourth-order valence-electron chi connectivity index (χ4n) is 4.12. The van der Waals surface area contributed by atoms with E-state index in [0.717, 1.165) is 39.9 Å². The zero-order chi connectivity index (χ0) is 22.0. The van der Waals surface area contributed by atoms with Crippen LogP contribution in [0, 0.1) is 6.92 Å². The Morgan fingerprint density at radius 3 is 2.52 bits per heavy atom. The van der Waals surface area contributed by atoms with Gasteiger partial charge in [-0.3, -0.25) is 0 Å². The third kappa shape index (κ3) is 4.58. The molecule has 0 radical (unpaired) electrons. The number of hydrogen-bond donors (Lipinski definition) is 1. The van der Waals surface area contributed by atoms with Crippen LogP contribution in [0.3, 0.4) is 0 Å². The molecule has 0 saturated carbocycles. The first-order valence-electron chi connectivity index (χ1n) is 10.3. The molecule has 31 heavy (non-hydrogen) atoms. The van der Waals surface area contributed by atoms with E-state index in [2.05, 4.69) is 62.4 Å². The smallest absolute Gasteiger partial charge is 0.328 e. The first-order chi connectivity index (χ1) is 15.0. The summed E-state index contributed by atoms with van der Waals surface area (Å²) in [6, 6.07) is 18.8. The standard InChI is InChI=1S/C27H23ClO2S/c1-3-23(24-14-17(2)31-27(24)28)26(22-15-20-6-4-5-7-21(20)16-22)19-11-8-18(9-12-19)10-13-25(29)30/h4-15H,3,16H2,1-2H3,(H,29,30)/b13-10+,26-23+. The van der Waals surface area contributed by atoms with Crippen molar-refractivity contribution in [3.8, 4) is 0 Å². The van der Waals surface area contributed by atoms with Gasteiger partial charge in [-0.15, -0.1) is 11.3 Å². The van der Waals surface area contributed by atoms with E-state index in [1.165, 1.54) is 32.7 Å². The molecule has 0 atom stereocenters. The van der Waals surface area contributed by atoms with Gasteiger partial charge in [-0.05, 0) is 70.9 Å². The lowest BCUT2D eigenvalue weighted by molar-refractivity contribution is -0.131. The predicted molar refractivity (Wildman–Crippen MR) is 132 cm³/mol. The van der Waals surface area contributed by atoms with Gasteiger partial charge in [0.15, 0.2) is 0 Å². The van der Waals surface area contributed by atoms with E-state index in [-0.39, 0.29) is 0 Å². The summed E-state index contributed by atoms with van der Waals surface area (Å²) in [6.07, 6.45) is 6.80. The number of thiophene rings is 1. The minimum absolute atomic E-state index is 0.823. The van der Waals surface area contributed by atoms with Gasteiger partial charge in [-0.2, -0.15) is 0 Å². The van der Waals surface area contributed by atoms with Gasteiger partial charge in [0.25, 0.3) is 0 Å².